The van der Waals surface area contributed by atoms with Gasteiger partial charge in [-0.1, -0.05) is 13.8 Å². The van der Waals surface area contributed by atoms with Crippen LogP contribution in [-0.2, 0) is 4.74 Å². The van der Waals surface area contributed by atoms with Crippen LogP contribution in [0.5, 0.6) is 0 Å². The molecule has 1 rings (SSSR count). The lowest BCUT2D eigenvalue weighted by Crippen LogP contribution is -2.51. The molecule has 0 aromatic carbocycles. The highest BCUT2D eigenvalue weighted by atomic mass is 16.5. The second-order valence-corrected chi connectivity index (χ2v) is 5.20. The van der Waals surface area contributed by atoms with Crippen LogP contribution < -0.4 is 10.6 Å². The number of rotatable bonds is 4. The van der Waals surface area contributed by atoms with Gasteiger partial charge < -0.3 is 15.4 Å². The van der Waals surface area contributed by atoms with E-state index in [9.17, 15) is 4.79 Å². The molecule has 1 fully saturated rings. The molecule has 1 atom stereocenters. The van der Waals surface area contributed by atoms with Crippen molar-refractivity contribution >= 4 is 6.03 Å². The lowest BCUT2D eigenvalue weighted by molar-refractivity contribution is -0.0915. The number of carbonyl (C=O) groups excluding carboxylic acids is 1. The molecule has 1 aliphatic heterocycles. The fourth-order valence-electron chi connectivity index (χ4n) is 2.38. The Balaban J connectivity index is 2.47. The third kappa shape index (κ3) is 4.19. The maximum Gasteiger partial charge on any atom is 0.315 e. The van der Waals surface area contributed by atoms with Crippen LogP contribution in [-0.4, -0.2) is 30.3 Å². The van der Waals surface area contributed by atoms with Gasteiger partial charge in [-0.05, 0) is 39.5 Å². The van der Waals surface area contributed by atoms with E-state index in [1.165, 1.54) is 0 Å². The summed E-state index contributed by atoms with van der Waals surface area (Å²) in [6.45, 7) is 8.98. The van der Waals surface area contributed by atoms with Crippen molar-refractivity contribution in [2.24, 2.45) is 0 Å². The third-order valence-corrected chi connectivity index (χ3v) is 3.54. The molecule has 0 aliphatic carbocycles. The summed E-state index contributed by atoms with van der Waals surface area (Å²) in [6, 6.07) is 0.354. The van der Waals surface area contributed by atoms with Crippen LogP contribution in [0.3, 0.4) is 0 Å². The largest absolute Gasteiger partial charge is 0.375 e. The molecule has 1 unspecified atom stereocenters. The van der Waals surface area contributed by atoms with Crippen molar-refractivity contribution in [3.63, 3.8) is 0 Å². The SMILES string of the molecule is CCC1(CC)CC(NC(=O)NC(C)C)CCO1. The number of hydrogen-bond donors (Lipinski definition) is 2. The Hall–Kier alpha value is -0.770. The van der Waals surface area contributed by atoms with Crippen LogP contribution in [0, 0.1) is 0 Å². The van der Waals surface area contributed by atoms with E-state index in [0.29, 0.717) is 0 Å². The first-order chi connectivity index (χ1) is 8.01. The van der Waals surface area contributed by atoms with Crippen molar-refractivity contribution in [1.29, 1.82) is 0 Å². The van der Waals surface area contributed by atoms with Crippen molar-refractivity contribution in [1.82, 2.24) is 10.6 Å². The lowest BCUT2D eigenvalue weighted by atomic mass is 9.86. The van der Waals surface area contributed by atoms with Gasteiger partial charge in [-0.3, -0.25) is 0 Å². The summed E-state index contributed by atoms with van der Waals surface area (Å²) >= 11 is 0. The van der Waals surface area contributed by atoms with Gasteiger partial charge in [0.05, 0.1) is 5.60 Å². The Labute approximate surface area is 104 Å². The van der Waals surface area contributed by atoms with Gasteiger partial charge in [0.2, 0.25) is 0 Å². The molecule has 0 aromatic heterocycles. The van der Waals surface area contributed by atoms with Gasteiger partial charge in [-0.15, -0.1) is 0 Å². The minimum Gasteiger partial charge on any atom is -0.375 e. The Morgan fingerprint density at radius 2 is 2.06 bits per heavy atom. The van der Waals surface area contributed by atoms with Gasteiger partial charge in [0, 0.05) is 18.7 Å². The predicted octanol–water partition coefficient (Wildman–Crippen LogP) is 2.43. The van der Waals surface area contributed by atoms with Gasteiger partial charge in [0.1, 0.15) is 0 Å². The number of nitrogens with one attached hydrogen (secondary N) is 2. The molecule has 4 heteroatoms. The summed E-state index contributed by atoms with van der Waals surface area (Å²) in [5, 5.41) is 5.91. The van der Waals surface area contributed by atoms with Crippen LogP contribution in [0.25, 0.3) is 0 Å². The topological polar surface area (TPSA) is 50.4 Å². The van der Waals surface area contributed by atoms with Gasteiger partial charge in [0.15, 0.2) is 0 Å². The van der Waals surface area contributed by atoms with Crippen molar-refractivity contribution in [3.8, 4) is 0 Å². The number of ether oxygens (including phenoxy) is 1. The van der Waals surface area contributed by atoms with E-state index in [0.717, 1.165) is 32.3 Å². The average molecular weight is 242 g/mol. The summed E-state index contributed by atoms with van der Waals surface area (Å²) in [4.78, 5) is 11.6. The molecule has 100 valence electrons. The van der Waals surface area contributed by atoms with E-state index in [2.05, 4.69) is 24.5 Å². The molecule has 17 heavy (non-hydrogen) atoms. The van der Waals surface area contributed by atoms with Crippen LogP contribution >= 0.6 is 0 Å². The molecular formula is C13H26N2O2. The quantitative estimate of drug-likeness (QED) is 0.795. The zero-order valence-corrected chi connectivity index (χ0v) is 11.5. The van der Waals surface area contributed by atoms with E-state index in [1.54, 1.807) is 0 Å². The van der Waals surface area contributed by atoms with Gasteiger partial charge >= 0.3 is 6.03 Å². The number of urea groups is 1. The number of hydrogen-bond acceptors (Lipinski definition) is 2. The monoisotopic (exact) mass is 242 g/mol. The molecule has 4 nitrogen and oxygen atoms in total. The smallest absolute Gasteiger partial charge is 0.315 e. The zero-order valence-electron chi connectivity index (χ0n) is 11.5. The summed E-state index contributed by atoms with van der Waals surface area (Å²) in [6.07, 6.45) is 3.85. The molecule has 0 saturated carbocycles. The van der Waals surface area contributed by atoms with E-state index < -0.39 is 0 Å². The molecule has 1 aliphatic rings. The standard InChI is InChI=1S/C13H26N2O2/c1-5-13(6-2)9-11(7-8-17-13)15-12(16)14-10(3)4/h10-11H,5-9H2,1-4H3,(H2,14,15,16). The highest BCUT2D eigenvalue weighted by molar-refractivity contribution is 5.74. The fourth-order valence-corrected chi connectivity index (χ4v) is 2.38. The van der Waals surface area contributed by atoms with Crippen molar-refractivity contribution in [3.05, 3.63) is 0 Å². The van der Waals surface area contributed by atoms with E-state index in [4.69, 9.17) is 4.74 Å². The first kappa shape index (κ1) is 14.3. The van der Waals surface area contributed by atoms with Crippen LogP contribution in [0.4, 0.5) is 4.79 Å². The minimum atomic E-state index is -0.0620. The summed E-state index contributed by atoms with van der Waals surface area (Å²) < 4.78 is 5.89. The van der Waals surface area contributed by atoms with E-state index >= 15 is 0 Å². The van der Waals surface area contributed by atoms with E-state index in [1.807, 2.05) is 13.8 Å². The number of carbonyl (C=O) groups is 1. The Bertz CT molecular complexity index is 250. The fraction of sp³-hybridized carbons (Fsp3) is 0.923. The van der Waals surface area contributed by atoms with Crippen molar-refractivity contribution in [2.45, 2.75) is 71.1 Å². The Morgan fingerprint density at radius 3 is 2.59 bits per heavy atom. The highest BCUT2D eigenvalue weighted by Crippen LogP contribution is 2.31. The Kier molecular flexibility index (Phi) is 5.25. The summed E-state index contributed by atoms with van der Waals surface area (Å²) in [5.74, 6) is 0. The summed E-state index contributed by atoms with van der Waals surface area (Å²) in [5.41, 5.74) is -0.0337. The van der Waals surface area contributed by atoms with Crippen LogP contribution in [0.15, 0.2) is 0 Å². The second-order valence-electron chi connectivity index (χ2n) is 5.20. The average Bonchev–Trinajstić information content (AvgIpc) is 2.28. The predicted molar refractivity (Wildman–Crippen MR) is 69.1 cm³/mol. The molecule has 0 aromatic rings. The maximum atomic E-state index is 11.6. The van der Waals surface area contributed by atoms with Crippen molar-refractivity contribution in [2.75, 3.05) is 6.61 Å². The molecular weight excluding hydrogens is 216 g/mol. The van der Waals surface area contributed by atoms with Crippen LogP contribution in [0.1, 0.15) is 53.4 Å². The third-order valence-electron chi connectivity index (χ3n) is 3.54. The Morgan fingerprint density at radius 1 is 1.41 bits per heavy atom. The molecule has 1 saturated heterocycles. The summed E-state index contributed by atoms with van der Waals surface area (Å²) in [7, 11) is 0. The molecule has 1 heterocycles. The molecule has 2 N–H and O–H groups in total. The molecule has 2 amide bonds. The zero-order chi connectivity index (χ0) is 12.9. The first-order valence-corrected chi connectivity index (χ1v) is 6.72. The minimum absolute atomic E-state index is 0.0337. The second kappa shape index (κ2) is 6.24. The lowest BCUT2D eigenvalue weighted by Gasteiger charge is -2.40. The molecule has 0 bridgehead atoms. The highest BCUT2D eigenvalue weighted by Gasteiger charge is 2.34. The number of amides is 2. The van der Waals surface area contributed by atoms with Crippen molar-refractivity contribution < 1.29 is 9.53 Å². The van der Waals surface area contributed by atoms with E-state index in [-0.39, 0.29) is 23.7 Å². The normalized spacial score (nSPS) is 23.5. The first-order valence-electron chi connectivity index (χ1n) is 6.72. The van der Waals surface area contributed by atoms with Gasteiger partial charge in [-0.2, -0.15) is 0 Å². The van der Waals surface area contributed by atoms with Gasteiger partial charge in [-0.25, -0.2) is 4.79 Å². The molecule has 0 radical (unpaired) electrons. The maximum absolute atomic E-state index is 11.6. The van der Waals surface area contributed by atoms with Crippen LogP contribution in [0.2, 0.25) is 0 Å². The van der Waals surface area contributed by atoms with Gasteiger partial charge in [0.25, 0.3) is 0 Å². The molecule has 0 spiro atoms.